The van der Waals surface area contributed by atoms with Crippen LogP contribution in [-0.4, -0.2) is 35.5 Å². The molecule has 2 aromatic carbocycles. The summed E-state index contributed by atoms with van der Waals surface area (Å²) in [5.74, 6) is 0.577. The van der Waals surface area contributed by atoms with Crippen molar-refractivity contribution >= 4 is 11.6 Å². The third kappa shape index (κ3) is 5.66. The van der Waals surface area contributed by atoms with Crippen LogP contribution >= 0.6 is 0 Å². The first-order valence-corrected chi connectivity index (χ1v) is 10.4. The van der Waals surface area contributed by atoms with Crippen molar-refractivity contribution in [3.05, 3.63) is 65.7 Å². The van der Waals surface area contributed by atoms with E-state index in [2.05, 4.69) is 22.3 Å². The maximum atomic E-state index is 11.9. The van der Waals surface area contributed by atoms with Crippen LogP contribution in [0.1, 0.15) is 56.3 Å². The fraction of sp³-hybridized carbons (Fsp3) is 0.458. The van der Waals surface area contributed by atoms with Gasteiger partial charge in [0.25, 0.3) is 0 Å². The average Bonchev–Trinajstić information content (AvgIpc) is 2.73. The van der Waals surface area contributed by atoms with Gasteiger partial charge < -0.3 is 15.3 Å². The predicted molar refractivity (Wildman–Crippen MR) is 114 cm³/mol. The van der Waals surface area contributed by atoms with Crippen LogP contribution in [0, 0.1) is 5.92 Å². The molecule has 4 nitrogen and oxygen atoms in total. The molecule has 1 fully saturated rings. The molecule has 1 saturated heterocycles. The van der Waals surface area contributed by atoms with Crippen molar-refractivity contribution in [1.82, 2.24) is 4.90 Å². The van der Waals surface area contributed by atoms with Crippen LogP contribution in [0.25, 0.3) is 0 Å². The van der Waals surface area contributed by atoms with E-state index in [1.165, 1.54) is 5.56 Å². The van der Waals surface area contributed by atoms with Crippen molar-refractivity contribution in [2.24, 2.45) is 5.92 Å². The monoisotopic (exact) mass is 380 g/mol. The summed E-state index contributed by atoms with van der Waals surface area (Å²) in [4.78, 5) is 14.4. The minimum Gasteiger partial charge on any atom is -0.388 e. The Morgan fingerprint density at radius 3 is 2.50 bits per heavy atom. The van der Waals surface area contributed by atoms with Crippen LogP contribution in [0.5, 0.6) is 0 Å². The molecule has 0 saturated carbocycles. The number of benzene rings is 2. The SMILES string of the molecule is CC(C)C(=O)Nc1cccc(C2CCN(CCC(O)c3ccccc3)CC2)c1. The number of carbonyl (C=O) groups excluding carboxylic acids is 1. The number of hydrogen-bond donors (Lipinski definition) is 2. The highest BCUT2D eigenvalue weighted by Gasteiger charge is 2.21. The van der Waals surface area contributed by atoms with E-state index in [1.54, 1.807) is 0 Å². The van der Waals surface area contributed by atoms with Gasteiger partial charge in [-0.15, -0.1) is 0 Å². The lowest BCUT2D eigenvalue weighted by atomic mass is 9.89. The smallest absolute Gasteiger partial charge is 0.226 e. The molecule has 4 heteroatoms. The van der Waals surface area contributed by atoms with Gasteiger partial charge >= 0.3 is 0 Å². The van der Waals surface area contributed by atoms with Crippen molar-refractivity contribution in [1.29, 1.82) is 0 Å². The van der Waals surface area contributed by atoms with Crippen LogP contribution in [0.15, 0.2) is 54.6 Å². The molecule has 0 aromatic heterocycles. The summed E-state index contributed by atoms with van der Waals surface area (Å²) >= 11 is 0. The summed E-state index contributed by atoms with van der Waals surface area (Å²) in [6, 6.07) is 18.2. The third-order valence-corrected chi connectivity index (χ3v) is 5.64. The molecule has 0 aliphatic carbocycles. The van der Waals surface area contributed by atoms with Crippen LogP contribution in [-0.2, 0) is 4.79 Å². The zero-order valence-corrected chi connectivity index (χ0v) is 17.0. The number of aliphatic hydroxyl groups is 1. The average molecular weight is 381 g/mol. The Balaban J connectivity index is 1.48. The number of anilines is 1. The van der Waals surface area contributed by atoms with E-state index in [1.807, 2.05) is 56.3 Å². The van der Waals surface area contributed by atoms with E-state index in [9.17, 15) is 9.90 Å². The summed E-state index contributed by atoms with van der Waals surface area (Å²) in [6.45, 7) is 6.84. The molecule has 28 heavy (non-hydrogen) atoms. The zero-order valence-electron chi connectivity index (χ0n) is 17.0. The molecule has 0 bridgehead atoms. The Morgan fingerprint density at radius 1 is 1.11 bits per heavy atom. The first-order chi connectivity index (χ1) is 13.5. The second-order valence-corrected chi connectivity index (χ2v) is 8.10. The number of piperidine rings is 1. The number of nitrogens with one attached hydrogen (secondary N) is 1. The fourth-order valence-electron chi connectivity index (χ4n) is 3.79. The van der Waals surface area contributed by atoms with Gasteiger partial charge in [0.2, 0.25) is 5.91 Å². The van der Waals surface area contributed by atoms with Gasteiger partial charge in [0, 0.05) is 18.2 Å². The minimum absolute atomic E-state index is 0.0156. The molecule has 2 N–H and O–H groups in total. The number of amides is 1. The third-order valence-electron chi connectivity index (χ3n) is 5.64. The zero-order chi connectivity index (χ0) is 19.9. The highest BCUT2D eigenvalue weighted by atomic mass is 16.3. The molecular formula is C24H32N2O2. The van der Waals surface area contributed by atoms with E-state index in [4.69, 9.17) is 0 Å². The van der Waals surface area contributed by atoms with Crippen LogP contribution < -0.4 is 5.32 Å². The number of hydrogen-bond acceptors (Lipinski definition) is 3. The number of aliphatic hydroxyl groups excluding tert-OH is 1. The standard InChI is InChI=1S/C24H32N2O2/c1-18(2)24(28)25-22-10-6-9-21(17-22)19-11-14-26(15-12-19)16-13-23(27)20-7-4-3-5-8-20/h3-10,17-19,23,27H,11-16H2,1-2H3,(H,25,28). The normalized spacial score (nSPS) is 16.9. The van der Waals surface area contributed by atoms with Crippen LogP contribution in [0.3, 0.4) is 0 Å². The lowest BCUT2D eigenvalue weighted by Gasteiger charge is -2.32. The summed E-state index contributed by atoms with van der Waals surface area (Å²) in [5, 5.41) is 13.4. The quantitative estimate of drug-likeness (QED) is 0.739. The second-order valence-electron chi connectivity index (χ2n) is 8.10. The van der Waals surface area contributed by atoms with E-state index in [-0.39, 0.29) is 17.9 Å². The Hall–Kier alpha value is -2.17. The highest BCUT2D eigenvalue weighted by Crippen LogP contribution is 2.30. The van der Waals surface area contributed by atoms with E-state index in [0.717, 1.165) is 50.1 Å². The fourth-order valence-corrected chi connectivity index (χ4v) is 3.79. The molecule has 1 aliphatic rings. The number of likely N-dealkylation sites (tertiary alicyclic amines) is 1. The molecule has 0 spiro atoms. The topological polar surface area (TPSA) is 52.6 Å². The van der Waals surface area contributed by atoms with Crippen molar-refractivity contribution in [3.8, 4) is 0 Å². The van der Waals surface area contributed by atoms with E-state index < -0.39 is 0 Å². The maximum Gasteiger partial charge on any atom is 0.226 e. The number of nitrogens with zero attached hydrogens (tertiary/aromatic N) is 1. The Bertz CT molecular complexity index is 752. The summed E-state index contributed by atoms with van der Waals surface area (Å²) in [7, 11) is 0. The maximum absolute atomic E-state index is 11.9. The highest BCUT2D eigenvalue weighted by molar-refractivity contribution is 5.92. The summed E-state index contributed by atoms with van der Waals surface area (Å²) in [6.07, 6.45) is 2.61. The van der Waals surface area contributed by atoms with E-state index in [0.29, 0.717) is 5.92 Å². The van der Waals surface area contributed by atoms with Crippen molar-refractivity contribution in [3.63, 3.8) is 0 Å². The molecule has 1 heterocycles. The predicted octanol–water partition coefficient (Wildman–Crippen LogP) is 4.58. The Morgan fingerprint density at radius 2 is 1.82 bits per heavy atom. The van der Waals surface area contributed by atoms with Crippen molar-refractivity contribution < 1.29 is 9.90 Å². The van der Waals surface area contributed by atoms with Gasteiger partial charge in [0.05, 0.1) is 6.10 Å². The van der Waals surface area contributed by atoms with Crippen molar-refractivity contribution in [2.45, 2.75) is 45.1 Å². The van der Waals surface area contributed by atoms with E-state index >= 15 is 0 Å². The summed E-state index contributed by atoms with van der Waals surface area (Å²) in [5.41, 5.74) is 3.20. The summed E-state index contributed by atoms with van der Waals surface area (Å²) < 4.78 is 0. The second kappa shape index (κ2) is 9.85. The molecule has 2 aromatic rings. The van der Waals surface area contributed by atoms with Gasteiger partial charge in [-0.25, -0.2) is 0 Å². The van der Waals surface area contributed by atoms with Crippen LogP contribution in [0.4, 0.5) is 5.69 Å². The molecule has 3 rings (SSSR count). The molecule has 1 aliphatic heterocycles. The number of rotatable bonds is 7. The lowest BCUT2D eigenvalue weighted by molar-refractivity contribution is -0.118. The first kappa shape index (κ1) is 20.6. The van der Waals surface area contributed by atoms with Gasteiger partial charge in [-0.2, -0.15) is 0 Å². The molecule has 150 valence electrons. The minimum atomic E-state index is -0.389. The first-order valence-electron chi connectivity index (χ1n) is 10.4. The van der Waals surface area contributed by atoms with Gasteiger partial charge in [-0.05, 0) is 61.5 Å². The van der Waals surface area contributed by atoms with Crippen molar-refractivity contribution in [2.75, 3.05) is 25.0 Å². The van der Waals surface area contributed by atoms with Gasteiger partial charge in [-0.3, -0.25) is 4.79 Å². The largest absolute Gasteiger partial charge is 0.388 e. The molecule has 1 amide bonds. The van der Waals surface area contributed by atoms with Gasteiger partial charge in [-0.1, -0.05) is 56.3 Å². The Kier molecular flexibility index (Phi) is 7.24. The van der Waals surface area contributed by atoms with Gasteiger partial charge in [0.15, 0.2) is 0 Å². The van der Waals surface area contributed by atoms with Crippen LogP contribution in [0.2, 0.25) is 0 Å². The Labute approximate surface area is 168 Å². The number of carbonyl (C=O) groups is 1. The molecule has 1 unspecified atom stereocenters. The lowest BCUT2D eigenvalue weighted by Crippen LogP contribution is -2.34. The van der Waals surface area contributed by atoms with Gasteiger partial charge in [0.1, 0.15) is 0 Å². The molecular weight excluding hydrogens is 348 g/mol. The molecule has 0 radical (unpaired) electrons. The molecule has 1 atom stereocenters.